The molecule has 3 rings (SSSR count). The Morgan fingerprint density at radius 1 is 1.15 bits per heavy atom. The lowest BCUT2D eigenvalue weighted by Crippen LogP contribution is -2.34. The van der Waals surface area contributed by atoms with E-state index in [9.17, 15) is 4.79 Å². The number of nitrogens with two attached hydrogens (primary N) is 1. The number of nitrogens with zero attached hydrogens (tertiary/aromatic N) is 4. The number of rotatable bonds is 9. The van der Waals surface area contributed by atoms with Gasteiger partial charge in [0.1, 0.15) is 18.2 Å². The molecule has 0 saturated carbocycles. The van der Waals surface area contributed by atoms with Crippen LogP contribution in [-0.4, -0.2) is 29.6 Å². The van der Waals surface area contributed by atoms with Crippen LogP contribution in [0.5, 0.6) is 0 Å². The van der Waals surface area contributed by atoms with Crippen molar-refractivity contribution in [1.29, 1.82) is 5.26 Å². The van der Waals surface area contributed by atoms with Gasteiger partial charge in [-0.25, -0.2) is 15.0 Å². The van der Waals surface area contributed by atoms with Crippen LogP contribution in [0, 0.1) is 11.3 Å². The van der Waals surface area contributed by atoms with E-state index in [1.165, 1.54) is 6.34 Å². The van der Waals surface area contributed by atoms with Crippen LogP contribution in [0.25, 0.3) is 0 Å². The van der Waals surface area contributed by atoms with E-state index in [2.05, 4.69) is 31.7 Å². The smallest absolute Gasteiger partial charge is 0.247 e. The first-order valence-corrected chi connectivity index (χ1v) is 10.4. The summed E-state index contributed by atoms with van der Waals surface area (Å²) in [4.78, 5) is 25.3. The SMILES string of the molecule is CC(N)=NC=Nc1ccc(NC(=O)C(NCCc2ccc(C#N)cc2)c2ccccc2)nc1. The molecule has 2 aromatic carbocycles. The van der Waals surface area contributed by atoms with Crippen molar-refractivity contribution in [2.75, 3.05) is 11.9 Å². The number of hydrogen-bond donors (Lipinski definition) is 3. The Bertz CT molecular complexity index is 1140. The summed E-state index contributed by atoms with van der Waals surface area (Å²) in [6.45, 7) is 2.26. The Labute approximate surface area is 192 Å². The number of amides is 1. The minimum atomic E-state index is -0.550. The second-order valence-corrected chi connectivity index (χ2v) is 7.26. The van der Waals surface area contributed by atoms with Crippen LogP contribution in [0.4, 0.5) is 11.5 Å². The summed E-state index contributed by atoms with van der Waals surface area (Å²) in [6, 6.07) is 21.9. The van der Waals surface area contributed by atoms with E-state index in [0.717, 1.165) is 17.5 Å². The van der Waals surface area contributed by atoms with Gasteiger partial charge < -0.3 is 16.4 Å². The molecule has 0 aliphatic rings. The molecule has 1 amide bonds. The Balaban J connectivity index is 1.65. The summed E-state index contributed by atoms with van der Waals surface area (Å²) in [6.07, 6.45) is 3.62. The van der Waals surface area contributed by atoms with Crippen molar-refractivity contribution in [2.24, 2.45) is 15.7 Å². The van der Waals surface area contributed by atoms with Crippen molar-refractivity contribution in [3.63, 3.8) is 0 Å². The summed E-state index contributed by atoms with van der Waals surface area (Å²) < 4.78 is 0. The van der Waals surface area contributed by atoms with Gasteiger partial charge in [0.05, 0.1) is 29.4 Å². The molecule has 4 N–H and O–H groups in total. The fourth-order valence-electron chi connectivity index (χ4n) is 3.04. The number of aliphatic imine (C=N–C) groups is 2. The van der Waals surface area contributed by atoms with Crippen LogP contribution in [0.3, 0.4) is 0 Å². The highest BCUT2D eigenvalue weighted by molar-refractivity contribution is 5.95. The fourth-order valence-corrected chi connectivity index (χ4v) is 3.04. The van der Waals surface area contributed by atoms with Gasteiger partial charge >= 0.3 is 0 Å². The Morgan fingerprint density at radius 2 is 1.91 bits per heavy atom. The lowest BCUT2D eigenvalue weighted by atomic mass is 10.1. The summed E-state index contributed by atoms with van der Waals surface area (Å²) >= 11 is 0. The van der Waals surface area contributed by atoms with E-state index in [1.807, 2.05) is 42.5 Å². The maximum atomic E-state index is 13.1. The summed E-state index contributed by atoms with van der Waals surface area (Å²) in [5.74, 6) is 0.620. The normalized spacial score (nSPS) is 12.3. The number of aromatic nitrogens is 1. The predicted octanol–water partition coefficient (Wildman–Crippen LogP) is 3.50. The summed E-state index contributed by atoms with van der Waals surface area (Å²) in [7, 11) is 0. The zero-order chi connectivity index (χ0) is 23.5. The maximum absolute atomic E-state index is 13.1. The van der Waals surface area contributed by atoms with Crippen LogP contribution in [0.2, 0.25) is 0 Å². The predicted molar refractivity (Wildman–Crippen MR) is 130 cm³/mol. The van der Waals surface area contributed by atoms with Crippen molar-refractivity contribution in [3.05, 3.63) is 89.6 Å². The average Bonchev–Trinajstić information content (AvgIpc) is 2.83. The maximum Gasteiger partial charge on any atom is 0.247 e. The number of nitriles is 1. The van der Waals surface area contributed by atoms with E-state index < -0.39 is 6.04 Å². The van der Waals surface area contributed by atoms with Gasteiger partial charge in [0.2, 0.25) is 5.91 Å². The first-order chi connectivity index (χ1) is 16.0. The molecule has 0 aliphatic carbocycles. The highest BCUT2D eigenvalue weighted by Crippen LogP contribution is 2.17. The van der Waals surface area contributed by atoms with Crippen LogP contribution in [0.15, 0.2) is 82.9 Å². The minimum Gasteiger partial charge on any atom is -0.387 e. The number of anilines is 1. The van der Waals surface area contributed by atoms with Gasteiger partial charge in [0, 0.05) is 6.54 Å². The van der Waals surface area contributed by atoms with Crippen molar-refractivity contribution in [2.45, 2.75) is 19.4 Å². The van der Waals surface area contributed by atoms with Crippen molar-refractivity contribution >= 4 is 29.6 Å². The average molecular weight is 440 g/mol. The Kier molecular flexibility index (Phi) is 8.40. The molecular weight excluding hydrogens is 414 g/mol. The van der Waals surface area contributed by atoms with Crippen molar-refractivity contribution in [3.8, 4) is 6.07 Å². The molecule has 1 unspecified atom stereocenters. The standard InChI is InChI=1S/C25H25N7O/c1-18(27)30-17-31-22-11-12-23(29-16-22)32-25(33)24(21-5-3-2-4-6-21)28-14-13-19-7-9-20(15-26)10-8-19/h2-12,16-17,24,28H,13-14H2,1H3,(H2,27,30,31)(H,29,32,33). The quantitative estimate of drug-likeness (QED) is 0.347. The first kappa shape index (κ1) is 23.3. The topological polar surface area (TPSA) is 129 Å². The number of nitrogens with one attached hydrogen (secondary N) is 2. The monoisotopic (exact) mass is 439 g/mol. The van der Waals surface area contributed by atoms with Gasteiger partial charge in [-0.2, -0.15) is 5.26 Å². The second-order valence-electron chi connectivity index (χ2n) is 7.26. The summed E-state index contributed by atoms with van der Waals surface area (Å²) in [5.41, 5.74) is 8.63. The zero-order valence-electron chi connectivity index (χ0n) is 18.3. The van der Waals surface area contributed by atoms with Crippen LogP contribution in [-0.2, 0) is 11.2 Å². The molecule has 33 heavy (non-hydrogen) atoms. The zero-order valence-corrected chi connectivity index (χ0v) is 18.3. The van der Waals surface area contributed by atoms with Crippen LogP contribution in [0.1, 0.15) is 29.7 Å². The molecular formula is C25H25N7O. The van der Waals surface area contributed by atoms with Gasteiger partial charge in [-0.3, -0.25) is 4.79 Å². The molecule has 0 radical (unpaired) electrons. The number of pyridine rings is 1. The first-order valence-electron chi connectivity index (χ1n) is 10.4. The van der Waals surface area contributed by atoms with E-state index in [4.69, 9.17) is 11.0 Å². The van der Waals surface area contributed by atoms with Crippen LogP contribution < -0.4 is 16.4 Å². The lowest BCUT2D eigenvalue weighted by Gasteiger charge is -2.19. The van der Waals surface area contributed by atoms with Gasteiger partial charge in [-0.15, -0.1) is 0 Å². The van der Waals surface area contributed by atoms with E-state index in [-0.39, 0.29) is 5.91 Å². The third-order valence-corrected chi connectivity index (χ3v) is 4.71. The van der Waals surface area contributed by atoms with Crippen molar-refractivity contribution < 1.29 is 4.79 Å². The molecule has 3 aromatic rings. The second kappa shape index (κ2) is 11.9. The largest absolute Gasteiger partial charge is 0.387 e. The molecule has 0 fully saturated rings. The van der Waals surface area contributed by atoms with E-state index >= 15 is 0 Å². The third kappa shape index (κ3) is 7.38. The number of carbonyl (C=O) groups excluding carboxylic acids is 1. The lowest BCUT2D eigenvalue weighted by molar-refractivity contribution is -0.118. The molecule has 1 aromatic heterocycles. The highest BCUT2D eigenvalue weighted by atomic mass is 16.2. The number of carbonyl (C=O) groups is 1. The third-order valence-electron chi connectivity index (χ3n) is 4.71. The molecule has 0 spiro atoms. The minimum absolute atomic E-state index is 0.215. The molecule has 8 nitrogen and oxygen atoms in total. The number of amidine groups is 1. The molecule has 1 atom stereocenters. The molecule has 0 aliphatic heterocycles. The highest BCUT2D eigenvalue weighted by Gasteiger charge is 2.20. The summed E-state index contributed by atoms with van der Waals surface area (Å²) in [5, 5.41) is 15.1. The molecule has 1 heterocycles. The molecule has 166 valence electrons. The fraction of sp³-hybridized carbons (Fsp3) is 0.160. The number of hydrogen-bond acceptors (Lipinski definition) is 5. The van der Waals surface area contributed by atoms with E-state index in [0.29, 0.717) is 29.4 Å². The van der Waals surface area contributed by atoms with Gasteiger partial charge in [0.15, 0.2) is 0 Å². The molecule has 0 saturated heterocycles. The van der Waals surface area contributed by atoms with Gasteiger partial charge in [-0.05, 0) is 48.7 Å². The Morgan fingerprint density at radius 3 is 2.55 bits per heavy atom. The Hall–Kier alpha value is -4.35. The molecule has 8 heteroatoms. The van der Waals surface area contributed by atoms with Gasteiger partial charge in [-0.1, -0.05) is 42.5 Å². The van der Waals surface area contributed by atoms with Crippen molar-refractivity contribution in [1.82, 2.24) is 10.3 Å². The van der Waals surface area contributed by atoms with Gasteiger partial charge in [0.25, 0.3) is 0 Å². The number of benzene rings is 2. The van der Waals surface area contributed by atoms with E-state index in [1.54, 1.807) is 37.4 Å². The molecule has 0 bridgehead atoms. The van der Waals surface area contributed by atoms with Crippen LogP contribution >= 0.6 is 0 Å².